The highest BCUT2D eigenvalue weighted by molar-refractivity contribution is 6.34. The number of nitrogens with zero attached hydrogens (tertiary/aromatic N) is 6. The first-order chi connectivity index (χ1) is 25.5. The molecule has 0 amide bonds. The van der Waals surface area contributed by atoms with Gasteiger partial charge in [-0.1, -0.05) is 50.3 Å². The Hall–Kier alpha value is -5.90. The molecule has 0 fully saturated rings. The van der Waals surface area contributed by atoms with Gasteiger partial charge in [-0.15, -0.1) is 13.2 Å². The molecule has 2 atom stereocenters. The summed E-state index contributed by atoms with van der Waals surface area (Å²) in [7, 11) is 1.97. The van der Waals surface area contributed by atoms with E-state index in [9.17, 15) is 4.79 Å². The molecule has 0 saturated carbocycles. The molecule has 5 aliphatic rings. The van der Waals surface area contributed by atoms with E-state index in [2.05, 4.69) is 27.0 Å². The second kappa shape index (κ2) is 15.1. The number of aromatic nitrogens is 2. The lowest BCUT2D eigenvalue weighted by molar-refractivity contribution is 0.102. The molecule has 1 aromatic carbocycles. The molecule has 6 heterocycles. The Morgan fingerprint density at radius 2 is 1.15 bits per heavy atom. The molecule has 2 aromatic rings. The third-order valence-corrected chi connectivity index (χ3v) is 9.28. The number of allylic oxidation sites excluding steroid dienone is 10. The quantitative estimate of drug-likeness (QED) is 0.158. The molecule has 0 saturated heterocycles. The van der Waals surface area contributed by atoms with Gasteiger partial charge in [-0.25, -0.2) is 25.0 Å². The SMILES string of the molecule is C=CCOC(CC)C1=C2C=CC(=N2)C(c2ccc(C=O)cc2)=C2C=CC(=N2)C(C(CC)OCC=C)=C2C=CC(=N2)C(c2nccn2C)=C2C=CC1=N2. The first-order valence-corrected chi connectivity index (χ1v) is 17.5. The Balaban J connectivity index is 1.55. The van der Waals surface area contributed by atoms with Crippen LogP contribution < -0.4 is 0 Å². The van der Waals surface area contributed by atoms with Gasteiger partial charge < -0.3 is 14.0 Å². The highest BCUT2D eigenvalue weighted by Crippen LogP contribution is 2.37. The summed E-state index contributed by atoms with van der Waals surface area (Å²) in [5, 5.41) is 0. The van der Waals surface area contributed by atoms with E-state index in [0.29, 0.717) is 31.6 Å². The molecule has 9 heteroatoms. The van der Waals surface area contributed by atoms with E-state index in [4.69, 9.17) is 34.4 Å². The number of rotatable bonds is 13. The minimum Gasteiger partial charge on any atom is -0.369 e. The molecule has 9 nitrogen and oxygen atoms in total. The summed E-state index contributed by atoms with van der Waals surface area (Å²) in [6.45, 7) is 12.7. The summed E-state index contributed by atoms with van der Waals surface area (Å²) in [5.74, 6) is 0.741. The predicted molar refractivity (Wildman–Crippen MR) is 210 cm³/mol. The smallest absolute Gasteiger partial charge is 0.150 e. The minimum absolute atomic E-state index is 0.305. The average molecular weight is 689 g/mol. The number of aryl methyl sites for hydroxylation is 1. The van der Waals surface area contributed by atoms with Crippen LogP contribution in [-0.4, -0.2) is 64.1 Å². The van der Waals surface area contributed by atoms with Crippen LogP contribution in [0.25, 0.3) is 11.1 Å². The molecule has 8 bridgehead atoms. The van der Waals surface area contributed by atoms with Gasteiger partial charge in [0.05, 0.1) is 76.6 Å². The Labute approximate surface area is 304 Å². The molecule has 0 radical (unpaired) electrons. The zero-order chi connectivity index (χ0) is 36.2. The lowest BCUT2D eigenvalue weighted by Crippen LogP contribution is -2.21. The van der Waals surface area contributed by atoms with E-state index in [1.807, 2.05) is 90.7 Å². The number of carbonyl (C=O) groups excluding carboxylic acids is 1. The summed E-state index contributed by atoms with van der Waals surface area (Å²) >= 11 is 0. The standard InChI is InChI=1S/C43H40N6O3/c1-6-24-51-37(8-3)40-31-16-14-29(45-31)39(28-12-10-27(26-50)11-13-28)30-15-17-32(46-30)41(38(9-4)52-25-7-2)34-19-21-36(48-34)42(35-20-18-33(40)47-35)43-44-22-23-49(43)5/h6-7,10-23,26,37-38H,1-2,8-9,24-25H2,3-5H3. The summed E-state index contributed by atoms with van der Waals surface area (Å²) in [6, 6.07) is 7.49. The molecule has 2 unspecified atom stereocenters. The normalized spacial score (nSPS) is 18.7. The summed E-state index contributed by atoms with van der Waals surface area (Å²) in [4.78, 5) is 37.4. The lowest BCUT2D eigenvalue weighted by Gasteiger charge is -2.20. The zero-order valence-electron chi connectivity index (χ0n) is 29.6. The van der Waals surface area contributed by atoms with Crippen molar-refractivity contribution >= 4 is 40.3 Å². The van der Waals surface area contributed by atoms with Gasteiger partial charge in [-0.3, -0.25) is 4.79 Å². The van der Waals surface area contributed by atoms with Crippen molar-refractivity contribution in [3.63, 3.8) is 0 Å². The summed E-state index contributed by atoms with van der Waals surface area (Å²) in [5.41, 5.74) is 10.8. The van der Waals surface area contributed by atoms with Crippen LogP contribution in [0, 0.1) is 0 Å². The monoisotopic (exact) mass is 688 g/mol. The third kappa shape index (κ3) is 6.52. The van der Waals surface area contributed by atoms with Crippen molar-refractivity contribution in [3.8, 4) is 0 Å². The van der Waals surface area contributed by atoms with Crippen molar-refractivity contribution in [2.24, 2.45) is 27.0 Å². The molecular weight excluding hydrogens is 649 g/mol. The average Bonchev–Trinajstić information content (AvgIpc) is 4.02. The fraction of sp³-hybridized carbons (Fsp3) is 0.209. The predicted octanol–water partition coefficient (Wildman–Crippen LogP) is 7.88. The summed E-state index contributed by atoms with van der Waals surface area (Å²) in [6.07, 6.45) is 24.9. The first kappa shape index (κ1) is 34.5. The third-order valence-electron chi connectivity index (χ3n) is 9.28. The number of aldehydes is 1. The number of benzene rings is 1. The number of ether oxygens (including phenoxy) is 2. The van der Waals surface area contributed by atoms with Gasteiger partial charge in [-0.2, -0.15) is 0 Å². The fourth-order valence-corrected chi connectivity index (χ4v) is 6.83. The highest BCUT2D eigenvalue weighted by Gasteiger charge is 2.31. The number of carbonyl (C=O) groups is 1. The van der Waals surface area contributed by atoms with Crippen molar-refractivity contribution in [2.75, 3.05) is 13.2 Å². The number of hydrogen-bond acceptors (Lipinski definition) is 8. The highest BCUT2D eigenvalue weighted by atomic mass is 16.5. The molecule has 260 valence electrons. The maximum absolute atomic E-state index is 11.6. The number of hydrogen-bond donors (Lipinski definition) is 0. The second-order valence-electron chi connectivity index (χ2n) is 12.6. The maximum atomic E-state index is 11.6. The first-order valence-electron chi connectivity index (χ1n) is 17.5. The number of fused-ring (bicyclic) bond motifs is 4. The van der Waals surface area contributed by atoms with Crippen LogP contribution in [0.2, 0.25) is 0 Å². The molecule has 5 aliphatic heterocycles. The lowest BCUT2D eigenvalue weighted by atomic mass is 9.98. The van der Waals surface area contributed by atoms with Crippen molar-refractivity contribution in [1.82, 2.24) is 9.55 Å². The van der Waals surface area contributed by atoms with Crippen molar-refractivity contribution in [3.05, 3.63) is 161 Å². The minimum atomic E-state index is -0.305. The van der Waals surface area contributed by atoms with E-state index in [0.717, 1.165) is 85.6 Å². The van der Waals surface area contributed by atoms with Crippen LogP contribution in [0.4, 0.5) is 0 Å². The van der Waals surface area contributed by atoms with Crippen molar-refractivity contribution in [1.29, 1.82) is 0 Å². The summed E-state index contributed by atoms with van der Waals surface area (Å²) < 4.78 is 14.7. The van der Waals surface area contributed by atoms with Gasteiger partial charge in [-0.05, 0) is 67.0 Å². The Morgan fingerprint density at radius 3 is 1.63 bits per heavy atom. The van der Waals surface area contributed by atoms with Crippen LogP contribution in [0.15, 0.2) is 164 Å². The van der Waals surface area contributed by atoms with Crippen LogP contribution in [0.1, 0.15) is 48.4 Å². The van der Waals surface area contributed by atoms with Gasteiger partial charge >= 0.3 is 0 Å². The Bertz CT molecular complexity index is 2210. The van der Waals surface area contributed by atoms with E-state index < -0.39 is 0 Å². The van der Waals surface area contributed by atoms with Gasteiger partial charge in [0, 0.05) is 41.7 Å². The molecule has 0 spiro atoms. The van der Waals surface area contributed by atoms with Crippen molar-refractivity contribution < 1.29 is 14.3 Å². The number of imidazole rings is 1. The van der Waals surface area contributed by atoms with Crippen LogP contribution >= 0.6 is 0 Å². The molecule has 0 N–H and O–H groups in total. The number of aliphatic imine (C=N–C) groups is 4. The van der Waals surface area contributed by atoms with E-state index in [-0.39, 0.29) is 12.2 Å². The molecule has 1 aromatic heterocycles. The van der Waals surface area contributed by atoms with Gasteiger partial charge in [0.2, 0.25) is 0 Å². The topological polar surface area (TPSA) is 103 Å². The van der Waals surface area contributed by atoms with Gasteiger partial charge in [0.15, 0.2) is 0 Å². The van der Waals surface area contributed by atoms with E-state index >= 15 is 0 Å². The molecule has 7 rings (SSSR count). The zero-order valence-corrected chi connectivity index (χ0v) is 29.6. The maximum Gasteiger partial charge on any atom is 0.150 e. The van der Waals surface area contributed by atoms with Gasteiger partial charge in [0.1, 0.15) is 12.1 Å². The molecular formula is C43H40N6O3. The molecule has 52 heavy (non-hydrogen) atoms. The second-order valence-corrected chi connectivity index (χ2v) is 12.6. The van der Waals surface area contributed by atoms with Crippen LogP contribution in [-0.2, 0) is 16.5 Å². The van der Waals surface area contributed by atoms with E-state index in [1.54, 1.807) is 18.3 Å². The van der Waals surface area contributed by atoms with Crippen molar-refractivity contribution in [2.45, 2.75) is 38.9 Å². The fourth-order valence-electron chi connectivity index (χ4n) is 6.83. The largest absolute Gasteiger partial charge is 0.369 e. The van der Waals surface area contributed by atoms with Crippen LogP contribution in [0.5, 0.6) is 0 Å². The van der Waals surface area contributed by atoms with E-state index in [1.165, 1.54) is 0 Å². The Kier molecular flexibility index (Phi) is 10.1. The van der Waals surface area contributed by atoms with Gasteiger partial charge in [0.25, 0.3) is 0 Å². The molecule has 0 aliphatic carbocycles. The van der Waals surface area contributed by atoms with Crippen LogP contribution in [0.3, 0.4) is 0 Å². The Morgan fingerprint density at radius 1 is 0.673 bits per heavy atom.